The van der Waals surface area contributed by atoms with E-state index in [1.165, 1.54) is 17.5 Å². The molecule has 1 atom stereocenters. The zero-order valence-corrected chi connectivity index (χ0v) is 12.9. The second kappa shape index (κ2) is 5.10. The number of nitrogens with zero attached hydrogens (tertiary/aromatic N) is 5. The lowest BCUT2D eigenvalue weighted by atomic mass is 9.92. The van der Waals surface area contributed by atoms with Crippen LogP contribution in [0, 0.1) is 0 Å². The molecule has 1 fully saturated rings. The molecule has 24 heavy (non-hydrogen) atoms. The summed E-state index contributed by atoms with van der Waals surface area (Å²) in [5.74, 6) is 1.28. The number of hydrogen-bond donors (Lipinski definition) is 0. The van der Waals surface area contributed by atoms with Gasteiger partial charge in [-0.05, 0) is 29.7 Å². The Labute approximate surface area is 138 Å². The molecule has 120 valence electrons. The first-order chi connectivity index (χ1) is 11.8. The van der Waals surface area contributed by atoms with E-state index in [0.29, 0.717) is 18.1 Å². The molecule has 7 nitrogen and oxygen atoms in total. The molecule has 7 heteroatoms. The highest BCUT2D eigenvalue weighted by Gasteiger charge is 2.45. The third-order valence-corrected chi connectivity index (χ3v) is 4.81. The summed E-state index contributed by atoms with van der Waals surface area (Å²) in [5.41, 5.74) is 2.98. The van der Waals surface area contributed by atoms with Crippen molar-refractivity contribution in [2.75, 3.05) is 18.0 Å². The van der Waals surface area contributed by atoms with Gasteiger partial charge in [-0.15, -0.1) is 10.2 Å². The smallest absolute Gasteiger partial charge is 0.222 e. The summed E-state index contributed by atoms with van der Waals surface area (Å²) in [6.45, 7) is 2.37. The molecule has 1 aromatic carbocycles. The Kier molecular flexibility index (Phi) is 2.90. The molecule has 0 amide bonds. The summed E-state index contributed by atoms with van der Waals surface area (Å²) in [7, 11) is 0. The van der Waals surface area contributed by atoms with E-state index >= 15 is 0 Å². The molecule has 3 aromatic rings. The lowest BCUT2D eigenvalue weighted by molar-refractivity contribution is -0.0205. The van der Waals surface area contributed by atoms with Crippen molar-refractivity contribution in [1.29, 1.82) is 0 Å². The van der Waals surface area contributed by atoms with Gasteiger partial charge in [0.05, 0.1) is 13.2 Å². The predicted octanol–water partition coefficient (Wildman–Crippen LogP) is 2.16. The van der Waals surface area contributed by atoms with Gasteiger partial charge in [0.15, 0.2) is 5.82 Å². The molecule has 0 N–H and O–H groups in total. The van der Waals surface area contributed by atoms with E-state index < -0.39 is 0 Å². The number of benzene rings is 1. The maximum absolute atomic E-state index is 6.18. The van der Waals surface area contributed by atoms with Crippen LogP contribution in [0.25, 0.3) is 11.5 Å². The Morgan fingerprint density at radius 3 is 2.88 bits per heavy atom. The summed E-state index contributed by atoms with van der Waals surface area (Å²) in [6.07, 6.45) is 2.24. The van der Waals surface area contributed by atoms with Crippen molar-refractivity contribution in [2.24, 2.45) is 0 Å². The molecule has 1 saturated heterocycles. The second-order valence-electron chi connectivity index (χ2n) is 6.14. The molecule has 5 rings (SSSR count). The minimum absolute atomic E-state index is 0.218. The molecule has 1 spiro atoms. The molecule has 2 aromatic heterocycles. The summed E-state index contributed by atoms with van der Waals surface area (Å²) >= 11 is 0. The zero-order valence-electron chi connectivity index (χ0n) is 12.9. The Morgan fingerprint density at radius 1 is 1.08 bits per heavy atom. The average Bonchev–Trinajstić information content (AvgIpc) is 3.37. The van der Waals surface area contributed by atoms with Crippen molar-refractivity contribution in [3.8, 4) is 11.5 Å². The van der Waals surface area contributed by atoms with Crippen molar-refractivity contribution in [3.05, 3.63) is 53.9 Å². The quantitative estimate of drug-likeness (QED) is 0.715. The van der Waals surface area contributed by atoms with E-state index in [1.807, 2.05) is 12.1 Å². The molecule has 2 aliphatic heterocycles. The largest absolute Gasteiger partial charge is 0.364 e. The van der Waals surface area contributed by atoms with E-state index in [1.54, 1.807) is 0 Å². The minimum atomic E-state index is -0.218. The van der Waals surface area contributed by atoms with Gasteiger partial charge in [0.25, 0.3) is 0 Å². The first-order valence-corrected chi connectivity index (χ1v) is 7.92. The van der Waals surface area contributed by atoms with Crippen LogP contribution in [0.4, 0.5) is 5.82 Å². The fraction of sp³-hybridized carbons (Fsp3) is 0.294. The summed E-state index contributed by atoms with van der Waals surface area (Å²) in [4.78, 5) is 6.20. The van der Waals surface area contributed by atoms with Crippen LogP contribution < -0.4 is 4.90 Å². The first kappa shape index (κ1) is 13.6. The summed E-state index contributed by atoms with van der Waals surface area (Å²) in [6, 6.07) is 12.3. The van der Waals surface area contributed by atoms with E-state index in [2.05, 4.69) is 49.5 Å². The molecule has 0 aliphatic carbocycles. The minimum Gasteiger partial charge on any atom is -0.364 e. The molecular weight excluding hydrogens is 306 g/mol. The highest BCUT2D eigenvalue weighted by molar-refractivity contribution is 5.51. The molecule has 4 heterocycles. The highest BCUT2D eigenvalue weighted by Crippen LogP contribution is 2.43. The second-order valence-corrected chi connectivity index (χ2v) is 6.14. The molecule has 0 radical (unpaired) electrons. The maximum Gasteiger partial charge on any atom is 0.222 e. The number of rotatable bonds is 2. The highest BCUT2D eigenvalue weighted by atomic mass is 16.5. The van der Waals surface area contributed by atoms with Crippen LogP contribution in [-0.4, -0.2) is 33.4 Å². The van der Waals surface area contributed by atoms with Gasteiger partial charge in [-0.25, -0.2) is 0 Å². The van der Waals surface area contributed by atoms with E-state index in [0.717, 1.165) is 25.3 Å². The monoisotopic (exact) mass is 321 g/mol. The van der Waals surface area contributed by atoms with Crippen molar-refractivity contribution in [3.63, 3.8) is 0 Å². The zero-order chi connectivity index (χ0) is 16.0. The van der Waals surface area contributed by atoms with Crippen molar-refractivity contribution in [2.45, 2.75) is 18.6 Å². The van der Waals surface area contributed by atoms with Gasteiger partial charge in [0, 0.05) is 6.54 Å². The lowest BCUT2D eigenvalue weighted by Gasteiger charge is -2.25. The Bertz CT molecular complexity index is 865. The average molecular weight is 321 g/mol. The molecule has 0 bridgehead atoms. The number of aromatic nitrogens is 4. The van der Waals surface area contributed by atoms with Gasteiger partial charge in [-0.2, -0.15) is 4.98 Å². The van der Waals surface area contributed by atoms with Crippen LogP contribution in [0.15, 0.2) is 47.3 Å². The maximum atomic E-state index is 6.18. The van der Waals surface area contributed by atoms with Gasteiger partial charge < -0.3 is 14.2 Å². The third kappa shape index (κ3) is 2.01. The fourth-order valence-corrected chi connectivity index (χ4v) is 3.60. The Hall–Kier alpha value is -2.80. The summed E-state index contributed by atoms with van der Waals surface area (Å²) in [5, 5.41) is 12.3. The topological polar surface area (TPSA) is 77.2 Å². The van der Waals surface area contributed by atoms with Gasteiger partial charge in [0.2, 0.25) is 12.2 Å². The SMILES string of the molecule is c1ccc2c(c1)COC21CCN(c2ccc(-c3ncon3)nn2)C1. The van der Waals surface area contributed by atoms with E-state index in [-0.39, 0.29) is 5.60 Å². The molecule has 2 aliphatic rings. The molecule has 0 saturated carbocycles. The van der Waals surface area contributed by atoms with Crippen LogP contribution >= 0.6 is 0 Å². The van der Waals surface area contributed by atoms with E-state index in [9.17, 15) is 0 Å². The van der Waals surface area contributed by atoms with Crippen LogP contribution in [-0.2, 0) is 16.9 Å². The van der Waals surface area contributed by atoms with Gasteiger partial charge in [0.1, 0.15) is 11.3 Å². The Morgan fingerprint density at radius 2 is 2.04 bits per heavy atom. The van der Waals surface area contributed by atoms with Gasteiger partial charge >= 0.3 is 0 Å². The normalized spacial score (nSPS) is 22.2. The lowest BCUT2D eigenvalue weighted by Crippen LogP contribution is -2.31. The number of fused-ring (bicyclic) bond motifs is 2. The summed E-state index contributed by atoms with van der Waals surface area (Å²) < 4.78 is 10.9. The van der Waals surface area contributed by atoms with Crippen LogP contribution in [0.5, 0.6) is 0 Å². The van der Waals surface area contributed by atoms with Gasteiger partial charge in [-0.3, -0.25) is 0 Å². The van der Waals surface area contributed by atoms with Crippen LogP contribution in [0.1, 0.15) is 17.5 Å². The number of ether oxygens (including phenoxy) is 1. The number of hydrogen-bond acceptors (Lipinski definition) is 7. The third-order valence-electron chi connectivity index (χ3n) is 4.81. The standard InChI is InChI=1S/C17H15N5O2/c1-2-4-13-12(3-1)9-23-17(13)7-8-22(10-17)15-6-5-14(19-20-15)16-18-11-24-21-16/h1-6,11H,7-10H2. The van der Waals surface area contributed by atoms with Crippen molar-refractivity contribution < 1.29 is 9.26 Å². The Balaban J connectivity index is 1.40. The van der Waals surface area contributed by atoms with Gasteiger partial charge in [-0.1, -0.05) is 29.4 Å². The molecule has 1 unspecified atom stereocenters. The molecular formula is C17H15N5O2. The van der Waals surface area contributed by atoms with Crippen molar-refractivity contribution >= 4 is 5.82 Å². The van der Waals surface area contributed by atoms with E-state index in [4.69, 9.17) is 9.26 Å². The predicted molar refractivity (Wildman–Crippen MR) is 85.1 cm³/mol. The van der Waals surface area contributed by atoms with Crippen LogP contribution in [0.3, 0.4) is 0 Å². The number of anilines is 1. The van der Waals surface area contributed by atoms with Crippen molar-refractivity contribution in [1.82, 2.24) is 20.3 Å². The van der Waals surface area contributed by atoms with Crippen LogP contribution in [0.2, 0.25) is 0 Å². The fourth-order valence-electron chi connectivity index (χ4n) is 3.60. The first-order valence-electron chi connectivity index (χ1n) is 7.92.